The Bertz CT molecular complexity index is 1090. The summed E-state index contributed by atoms with van der Waals surface area (Å²) >= 11 is 0. The van der Waals surface area contributed by atoms with Crippen molar-refractivity contribution in [1.82, 2.24) is 20.3 Å². The molecular weight excluding hydrogens is 475 g/mol. The highest BCUT2D eigenvalue weighted by Gasteiger charge is 2.40. The van der Waals surface area contributed by atoms with Crippen molar-refractivity contribution >= 4 is 29.3 Å². The monoisotopic (exact) mass is 497 g/mol. The van der Waals surface area contributed by atoms with Gasteiger partial charge in [0.25, 0.3) is 5.91 Å². The Morgan fingerprint density at radius 1 is 1.26 bits per heavy atom. The number of aromatic nitrogens is 3. The van der Waals surface area contributed by atoms with Crippen molar-refractivity contribution in [3.05, 3.63) is 30.2 Å². The van der Waals surface area contributed by atoms with Gasteiger partial charge in [0.05, 0.1) is 30.7 Å². The molecule has 0 spiro atoms. The Balaban J connectivity index is 1.50. The number of aliphatic hydroxyl groups excluding tert-OH is 2. The van der Waals surface area contributed by atoms with Gasteiger partial charge in [0.2, 0.25) is 5.88 Å². The van der Waals surface area contributed by atoms with Crippen molar-refractivity contribution in [2.24, 2.45) is 0 Å². The van der Waals surface area contributed by atoms with Crippen LogP contribution in [0.3, 0.4) is 0 Å². The number of fused-ring (bicyclic) bond motifs is 4. The second-order valence-corrected chi connectivity index (χ2v) is 7.91. The minimum absolute atomic E-state index is 0.0708. The predicted octanol–water partition coefficient (Wildman–Crippen LogP) is 0.526. The van der Waals surface area contributed by atoms with Gasteiger partial charge in [-0.05, 0) is 18.6 Å². The van der Waals surface area contributed by atoms with Crippen molar-refractivity contribution in [2.45, 2.75) is 24.7 Å². The molecule has 1 saturated heterocycles. The van der Waals surface area contributed by atoms with E-state index in [4.69, 9.17) is 9.84 Å². The zero-order valence-electron chi connectivity index (χ0n) is 18.2. The molecule has 4 heterocycles. The number of ether oxygens (including phenoxy) is 1. The van der Waals surface area contributed by atoms with Gasteiger partial charge < -0.3 is 25.2 Å². The fraction of sp³-hybridized carbons (Fsp3) is 0.450. The Morgan fingerprint density at radius 2 is 2.06 bits per heavy atom. The summed E-state index contributed by atoms with van der Waals surface area (Å²) in [5.74, 6) is -0.694. The summed E-state index contributed by atoms with van der Waals surface area (Å²) in [6.07, 6.45) is -2.55. The summed E-state index contributed by atoms with van der Waals surface area (Å²) in [6, 6.07) is 2.01. The first-order valence-electron chi connectivity index (χ1n) is 10.6. The third-order valence-corrected chi connectivity index (χ3v) is 5.35. The number of anilines is 3. The first-order valence-corrected chi connectivity index (χ1v) is 10.6. The Hall–Kier alpha value is -3.72. The molecule has 2 aromatic heterocycles. The Morgan fingerprint density at radius 3 is 2.74 bits per heavy atom. The minimum atomic E-state index is -4.57. The third-order valence-electron chi connectivity index (χ3n) is 5.35. The standard InChI is InChI=1S/C20H22F3N7O5/c21-20(22,23)10-26-18(33)13-1-2-14-17(27-13)30(11-3-4-29(14)7-11)19(34)28-15-5-25-16(6-24-15)35-9-12(32)8-31/h1-2,5-6,11-12,31-32H,3-4,7-10H2,(H,26,33)(H,24,28,34)/t11-,12-/m0/s1. The summed E-state index contributed by atoms with van der Waals surface area (Å²) in [5, 5.41) is 22.5. The first kappa shape index (κ1) is 24.4. The lowest BCUT2D eigenvalue weighted by atomic mass is 10.1. The molecule has 4 N–H and O–H groups in total. The molecule has 0 radical (unpaired) electrons. The molecule has 0 aromatic carbocycles. The number of halogens is 3. The van der Waals surface area contributed by atoms with Crippen LogP contribution in [0.15, 0.2) is 24.5 Å². The van der Waals surface area contributed by atoms with E-state index >= 15 is 0 Å². The number of carbonyl (C=O) groups is 2. The number of nitrogens with zero attached hydrogens (tertiary/aromatic N) is 5. The van der Waals surface area contributed by atoms with Crippen LogP contribution in [0, 0.1) is 0 Å². The largest absolute Gasteiger partial charge is 0.474 e. The molecular formula is C20H22F3N7O5. The van der Waals surface area contributed by atoms with Crippen molar-refractivity contribution in [1.29, 1.82) is 0 Å². The van der Waals surface area contributed by atoms with E-state index in [1.807, 2.05) is 4.90 Å². The van der Waals surface area contributed by atoms with E-state index in [1.165, 1.54) is 23.4 Å². The predicted molar refractivity (Wildman–Crippen MR) is 115 cm³/mol. The topological polar surface area (TPSA) is 153 Å². The van der Waals surface area contributed by atoms with Gasteiger partial charge in [-0.15, -0.1) is 0 Å². The molecule has 2 aromatic rings. The molecule has 2 bridgehead atoms. The number of pyridine rings is 1. The number of amides is 3. The van der Waals surface area contributed by atoms with Gasteiger partial charge in [0, 0.05) is 13.1 Å². The molecule has 0 saturated carbocycles. The molecule has 0 unspecified atom stereocenters. The smallest absolute Gasteiger partial charge is 0.405 e. The van der Waals surface area contributed by atoms with Crippen molar-refractivity contribution in [3.63, 3.8) is 0 Å². The van der Waals surface area contributed by atoms with Gasteiger partial charge in [-0.3, -0.25) is 15.0 Å². The number of aliphatic hydroxyl groups is 2. The van der Waals surface area contributed by atoms with Crippen LogP contribution in [-0.2, 0) is 0 Å². The maximum Gasteiger partial charge on any atom is 0.405 e. The van der Waals surface area contributed by atoms with Crippen molar-refractivity contribution in [2.75, 3.05) is 48.0 Å². The Kier molecular flexibility index (Phi) is 6.88. The number of hydrogen-bond acceptors (Lipinski definition) is 9. The summed E-state index contributed by atoms with van der Waals surface area (Å²) in [7, 11) is 0. The number of nitrogens with one attached hydrogen (secondary N) is 2. The zero-order chi connectivity index (χ0) is 25.2. The zero-order valence-corrected chi connectivity index (χ0v) is 18.2. The third kappa shape index (κ3) is 5.68. The van der Waals surface area contributed by atoms with Crippen molar-refractivity contribution in [3.8, 4) is 5.88 Å². The van der Waals surface area contributed by atoms with Gasteiger partial charge >= 0.3 is 12.2 Å². The van der Waals surface area contributed by atoms with Crippen molar-refractivity contribution < 1.29 is 37.7 Å². The molecule has 35 heavy (non-hydrogen) atoms. The fourth-order valence-corrected chi connectivity index (χ4v) is 3.73. The van der Waals surface area contributed by atoms with Crippen LogP contribution in [-0.4, -0.2) is 88.3 Å². The van der Waals surface area contributed by atoms with Gasteiger partial charge in [0.1, 0.15) is 24.9 Å². The molecule has 12 nitrogen and oxygen atoms in total. The van der Waals surface area contributed by atoms with E-state index in [0.717, 1.165) is 0 Å². The van der Waals surface area contributed by atoms with Crippen LogP contribution in [0.2, 0.25) is 0 Å². The summed E-state index contributed by atoms with van der Waals surface area (Å²) in [5.41, 5.74) is 0.332. The molecule has 1 fully saturated rings. The van der Waals surface area contributed by atoms with Gasteiger partial charge in [-0.1, -0.05) is 0 Å². The van der Waals surface area contributed by atoms with Crippen LogP contribution in [0.1, 0.15) is 16.9 Å². The lowest BCUT2D eigenvalue weighted by molar-refractivity contribution is -0.123. The van der Waals surface area contributed by atoms with E-state index in [9.17, 15) is 27.9 Å². The van der Waals surface area contributed by atoms with Crippen LogP contribution in [0.4, 0.5) is 35.3 Å². The van der Waals surface area contributed by atoms with Gasteiger partial charge in [0.15, 0.2) is 11.6 Å². The second-order valence-electron chi connectivity index (χ2n) is 7.91. The number of urea groups is 1. The van der Waals surface area contributed by atoms with Gasteiger partial charge in [-0.2, -0.15) is 13.2 Å². The maximum atomic E-state index is 13.1. The average molecular weight is 497 g/mol. The van der Waals surface area contributed by atoms with E-state index in [2.05, 4.69) is 20.3 Å². The van der Waals surface area contributed by atoms with E-state index in [-0.39, 0.29) is 35.9 Å². The number of rotatable bonds is 7. The molecule has 188 valence electrons. The highest BCUT2D eigenvalue weighted by molar-refractivity contribution is 6.04. The van der Waals surface area contributed by atoms with Crippen LogP contribution in [0.25, 0.3) is 0 Å². The van der Waals surface area contributed by atoms with E-state index < -0.39 is 37.4 Å². The molecule has 2 aliphatic rings. The molecule has 15 heteroatoms. The summed E-state index contributed by atoms with van der Waals surface area (Å²) in [6.45, 7) is -0.982. The van der Waals surface area contributed by atoms with E-state index in [0.29, 0.717) is 25.2 Å². The highest BCUT2D eigenvalue weighted by atomic mass is 19.4. The summed E-state index contributed by atoms with van der Waals surface area (Å²) in [4.78, 5) is 40.9. The second kappa shape index (κ2) is 9.87. The molecule has 3 amide bonds. The molecule has 2 atom stereocenters. The molecule has 2 aliphatic heterocycles. The van der Waals surface area contributed by atoms with Crippen LogP contribution in [0.5, 0.6) is 5.88 Å². The average Bonchev–Trinajstić information content (AvgIpc) is 3.25. The Labute approximate surface area is 196 Å². The van der Waals surface area contributed by atoms with Crippen LogP contribution >= 0.6 is 0 Å². The fourth-order valence-electron chi connectivity index (χ4n) is 3.73. The maximum absolute atomic E-state index is 13.1. The number of hydrogen-bond donors (Lipinski definition) is 4. The lowest BCUT2D eigenvalue weighted by Crippen LogP contribution is -2.48. The molecule has 0 aliphatic carbocycles. The minimum Gasteiger partial charge on any atom is -0.474 e. The quantitative estimate of drug-likeness (QED) is 0.429. The van der Waals surface area contributed by atoms with Crippen LogP contribution < -0.4 is 25.2 Å². The summed E-state index contributed by atoms with van der Waals surface area (Å²) < 4.78 is 42.6. The van der Waals surface area contributed by atoms with E-state index in [1.54, 1.807) is 11.4 Å². The SMILES string of the molecule is O=C(NCC(F)(F)F)c1ccc2c(n1)N(C(=O)Nc1cnc(OC[C@@H](O)CO)cn1)[C@H]1CCN2C1. The lowest BCUT2D eigenvalue weighted by Gasteiger charge is -2.35. The number of alkyl halides is 3. The first-order chi connectivity index (χ1) is 16.6. The number of carbonyl (C=O) groups excluding carboxylic acids is 2. The normalized spacial score (nSPS) is 17.6. The molecule has 4 rings (SSSR count). The van der Waals surface area contributed by atoms with Gasteiger partial charge in [-0.25, -0.2) is 19.7 Å². The highest BCUT2D eigenvalue weighted by Crippen LogP contribution is 2.39.